The molecule has 0 spiro atoms. The van der Waals surface area contributed by atoms with Crippen LogP contribution in [0.4, 0.5) is 0 Å². The number of pyridine rings is 2. The minimum absolute atomic E-state index is 0.495. The Balaban J connectivity index is 2.20. The van der Waals surface area contributed by atoms with Gasteiger partial charge in [-0.3, -0.25) is 4.98 Å². The van der Waals surface area contributed by atoms with Crippen LogP contribution < -0.4 is 5.73 Å². The number of fused-ring (bicyclic) bond motifs is 1. The average Bonchev–Trinajstić information content (AvgIpc) is 2.83. The first kappa shape index (κ1) is 9.99. The maximum atomic E-state index is 5.70. The Morgan fingerprint density at radius 3 is 2.76 bits per heavy atom. The van der Waals surface area contributed by atoms with Crippen LogP contribution in [-0.4, -0.2) is 14.4 Å². The Hall–Kier alpha value is -2.20. The van der Waals surface area contributed by atoms with Gasteiger partial charge in [-0.25, -0.2) is 4.98 Å². The predicted octanol–water partition coefficient (Wildman–Crippen LogP) is 1.85. The molecular formula is C13H12N4. The van der Waals surface area contributed by atoms with Crippen LogP contribution in [0.3, 0.4) is 0 Å². The first-order chi connectivity index (χ1) is 8.38. The second kappa shape index (κ2) is 3.99. The van der Waals surface area contributed by atoms with Crippen molar-refractivity contribution >= 4 is 5.65 Å². The van der Waals surface area contributed by atoms with Gasteiger partial charge in [0, 0.05) is 24.6 Å². The van der Waals surface area contributed by atoms with Gasteiger partial charge < -0.3 is 10.1 Å². The first-order valence-electron chi connectivity index (χ1n) is 5.47. The van der Waals surface area contributed by atoms with E-state index in [2.05, 4.69) is 9.97 Å². The summed E-state index contributed by atoms with van der Waals surface area (Å²) in [6.45, 7) is 0.495. The molecule has 0 bridgehead atoms. The fourth-order valence-electron chi connectivity index (χ4n) is 1.87. The minimum Gasteiger partial charge on any atom is -0.325 e. The van der Waals surface area contributed by atoms with Crippen LogP contribution in [0.5, 0.6) is 0 Å². The van der Waals surface area contributed by atoms with Crippen molar-refractivity contribution in [3.63, 3.8) is 0 Å². The van der Waals surface area contributed by atoms with Crippen molar-refractivity contribution in [2.45, 2.75) is 6.54 Å². The summed E-state index contributed by atoms with van der Waals surface area (Å²) in [4.78, 5) is 8.83. The number of nitrogens with zero attached hydrogens (tertiary/aromatic N) is 3. The third kappa shape index (κ3) is 1.68. The molecule has 0 unspecified atom stereocenters. The van der Waals surface area contributed by atoms with Crippen LogP contribution in [0.15, 0.2) is 48.8 Å². The van der Waals surface area contributed by atoms with E-state index >= 15 is 0 Å². The van der Waals surface area contributed by atoms with Crippen LogP contribution in [0, 0.1) is 0 Å². The van der Waals surface area contributed by atoms with Crippen molar-refractivity contribution in [2.24, 2.45) is 5.73 Å². The Morgan fingerprint density at radius 2 is 2.00 bits per heavy atom. The van der Waals surface area contributed by atoms with Crippen molar-refractivity contribution in [2.75, 3.05) is 0 Å². The number of hydrogen-bond acceptors (Lipinski definition) is 3. The predicted molar refractivity (Wildman–Crippen MR) is 66.3 cm³/mol. The summed E-state index contributed by atoms with van der Waals surface area (Å²) in [6, 6.07) is 11.7. The smallest absolute Gasteiger partial charge is 0.137 e. The molecule has 0 aliphatic rings. The highest BCUT2D eigenvalue weighted by atomic mass is 15.0. The molecule has 4 heteroatoms. The fourth-order valence-corrected chi connectivity index (χ4v) is 1.87. The summed E-state index contributed by atoms with van der Waals surface area (Å²) in [5.41, 5.74) is 9.38. The second-order valence-electron chi connectivity index (χ2n) is 3.79. The standard InChI is InChI=1S/C13H12N4/c14-8-10-4-3-6-13-16-12(9-17(10)13)11-5-1-2-7-15-11/h1-7,9H,8,14H2. The van der Waals surface area contributed by atoms with E-state index < -0.39 is 0 Å². The summed E-state index contributed by atoms with van der Waals surface area (Å²) in [5, 5.41) is 0. The molecule has 4 nitrogen and oxygen atoms in total. The minimum atomic E-state index is 0.495. The lowest BCUT2D eigenvalue weighted by Gasteiger charge is -1.99. The number of nitrogens with two attached hydrogens (primary N) is 1. The maximum absolute atomic E-state index is 5.70. The van der Waals surface area contributed by atoms with Gasteiger partial charge in [-0.2, -0.15) is 0 Å². The Morgan fingerprint density at radius 1 is 1.06 bits per heavy atom. The van der Waals surface area contributed by atoms with Crippen LogP contribution >= 0.6 is 0 Å². The zero-order chi connectivity index (χ0) is 11.7. The lowest BCUT2D eigenvalue weighted by atomic mass is 10.3. The zero-order valence-corrected chi connectivity index (χ0v) is 9.24. The molecule has 0 aliphatic heterocycles. The Bertz CT molecular complexity index is 643. The van der Waals surface area contributed by atoms with Gasteiger partial charge >= 0.3 is 0 Å². The molecule has 0 radical (unpaired) electrons. The van der Waals surface area contributed by atoms with Gasteiger partial charge in [-0.15, -0.1) is 0 Å². The van der Waals surface area contributed by atoms with Crippen LogP contribution in [0.2, 0.25) is 0 Å². The largest absolute Gasteiger partial charge is 0.325 e. The van der Waals surface area contributed by atoms with E-state index in [0.29, 0.717) is 6.54 Å². The highest BCUT2D eigenvalue weighted by Gasteiger charge is 2.06. The van der Waals surface area contributed by atoms with E-state index in [4.69, 9.17) is 5.73 Å². The summed E-state index contributed by atoms with van der Waals surface area (Å²) in [7, 11) is 0. The SMILES string of the molecule is NCc1cccc2nc(-c3ccccn3)cn12. The highest BCUT2D eigenvalue weighted by molar-refractivity contribution is 5.59. The van der Waals surface area contributed by atoms with E-state index in [1.165, 1.54) is 0 Å². The molecule has 0 aliphatic carbocycles. The topological polar surface area (TPSA) is 56.2 Å². The van der Waals surface area contributed by atoms with Crippen molar-refractivity contribution in [3.8, 4) is 11.4 Å². The van der Waals surface area contributed by atoms with Crippen LogP contribution in [-0.2, 0) is 6.54 Å². The molecular weight excluding hydrogens is 212 g/mol. The Kier molecular flexibility index (Phi) is 2.34. The molecule has 0 fully saturated rings. The summed E-state index contributed by atoms with van der Waals surface area (Å²) < 4.78 is 2.00. The number of aromatic nitrogens is 3. The lowest BCUT2D eigenvalue weighted by Crippen LogP contribution is -2.02. The van der Waals surface area contributed by atoms with Crippen molar-refractivity contribution in [1.29, 1.82) is 0 Å². The van der Waals surface area contributed by atoms with Gasteiger partial charge in [0.25, 0.3) is 0 Å². The summed E-state index contributed by atoms with van der Waals surface area (Å²) in [6.07, 6.45) is 3.74. The molecule has 84 valence electrons. The van der Waals surface area contributed by atoms with Gasteiger partial charge in [0.2, 0.25) is 0 Å². The van der Waals surface area contributed by atoms with Crippen LogP contribution in [0.1, 0.15) is 5.69 Å². The van der Waals surface area contributed by atoms with Gasteiger partial charge in [0.15, 0.2) is 0 Å². The monoisotopic (exact) mass is 224 g/mol. The molecule has 0 aromatic carbocycles. The van der Waals surface area contributed by atoms with E-state index in [1.807, 2.05) is 47.0 Å². The molecule has 3 heterocycles. The van der Waals surface area contributed by atoms with Crippen molar-refractivity contribution < 1.29 is 0 Å². The normalized spacial score (nSPS) is 10.9. The molecule has 0 amide bonds. The number of hydrogen-bond donors (Lipinski definition) is 1. The van der Waals surface area contributed by atoms with Gasteiger partial charge in [-0.1, -0.05) is 12.1 Å². The third-order valence-electron chi connectivity index (χ3n) is 2.71. The third-order valence-corrected chi connectivity index (χ3v) is 2.71. The van der Waals surface area contributed by atoms with Crippen molar-refractivity contribution in [1.82, 2.24) is 14.4 Å². The first-order valence-corrected chi connectivity index (χ1v) is 5.47. The molecule has 3 aromatic heterocycles. The number of rotatable bonds is 2. The van der Waals surface area contributed by atoms with E-state index in [-0.39, 0.29) is 0 Å². The lowest BCUT2D eigenvalue weighted by molar-refractivity contribution is 0.946. The molecule has 0 saturated heterocycles. The Labute approximate surface area is 98.8 Å². The molecule has 0 saturated carbocycles. The second-order valence-corrected chi connectivity index (χ2v) is 3.79. The summed E-state index contributed by atoms with van der Waals surface area (Å²) >= 11 is 0. The van der Waals surface area contributed by atoms with Gasteiger partial charge in [-0.05, 0) is 24.3 Å². The maximum Gasteiger partial charge on any atom is 0.137 e. The molecule has 3 rings (SSSR count). The van der Waals surface area contributed by atoms with Gasteiger partial charge in [0.05, 0.1) is 5.69 Å². The molecule has 0 atom stereocenters. The molecule has 2 N–H and O–H groups in total. The molecule has 3 aromatic rings. The quantitative estimate of drug-likeness (QED) is 0.722. The number of imidazole rings is 1. The average molecular weight is 224 g/mol. The van der Waals surface area contributed by atoms with E-state index in [0.717, 1.165) is 22.7 Å². The zero-order valence-electron chi connectivity index (χ0n) is 9.24. The molecule has 17 heavy (non-hydrogen) atoms. The van der Waals surface area contributed by atoms with E-state index in [9.17, 15) is 0 Å². The van der Waals surface area contributed by atoms with Gasteiger partial charge in [0.1, 0.15) is 11.3 Å². The highest BCUT2D eigenvalue weighted by Crippen LogP contribution is 2.17. The summed E-state index contributed by atoms with van der Waals surface area (Å²) in [5.74, 6) is 0. The fraction of sp³-hybridized carbons (Fsp3) is 0.0769. The van der Waals surface area contributed by atoms with E-state index in [1.54, 1.807) is 6.20 Å². The van der Waals surface area contributed by atoms with Crippen LogP contribution in [0.25, 0.3) is 17.0 Å². The van der Waals surface area contributed by atoms with Crippen molar-refractivity contribution in [3.05, 3.63) is 54.5 Å².